The van der Waals surface area contributed by atoms with Gasteiger partial charge in [0.2, 0.25) is 0 Å². The zero-order chi connectivity index (χ0) is 13.9. The van der Waals surface area contributed by atoms with Gasteiger partial charge in [-0.2, -0.15) is 0 Å². The zero-order valence-electron chi connectivity index (χ0n) is 11.4. The van der Waals surface area contributed by atoms with Gasteiger partial charge in [-0.1, -0.05) is 30.3 Å². The van der Waals surface area contributed by atoms with E-state index in [1.165, 1.54) is 12.2 Å². The largest absolute Gasteiger partial charge is 0.290 e. The lowest BCUT2D eigenvalue weighted by atomic mass is 9.89. The smallest absolute Gasteiger partial charge is 0.178 e. The maximum absolute atomic E-state index is 11.3. The molecule has 100 valence electrons. The van der Waals surface area contributed by atoms with Gasteiger partial charge < -0.3 is 0 Å². The Balaban J connectivity index is 2.32. The van der Waals surface area contributed by atoms with Crippen LogP contribution >= 0.6 is 0 Å². The summed E-state index contributed by atoms with van der Waals surface area (Å²) in [6.45, 7) is 5.73. The van der Waals surface area contributed by atoms with E-state index in [1.54, 1.807) is 12.2 Å². The van der Waals surface area contributed by atoms with Crippen molar-refractivity contribution >= 4 is 5.78 Å². The second-order valence-corrected chi connectivity index (χ2v) is 5.51. The maximum Gasteiger partial charge on any atom is 0.178 e. The maximum atomic E-state index is 11.3. The molecule has 0 bridgehead atoms. The van der Waals surface area contributed by atoms with Gasteiger partial charge in [-0.05, 0) is 50.6 Å². The van der Waals surface area contributed by atoms with Gasteiger partial charge >= 0.3 is 0 Å². The van der Waals surface area contributed by atoms with Crippen LogP contribution < -0.4 is 0 Å². The summed E-state index contributed by atoms with van der Waals surface area (Å²) in [4.78, 5) is 22.4. The van der Waals surface area contributed by atoms with Crippen molar-refractivity contribution in [3.63, 3.8) is 0 Å². The third-order valence-electron chi connectivity index (χ3n) is 2.64. The van der Waals surface area contributed by atoms with Crippen LogP contribution in [-0.2, 0) is 20.2 Å². The average Bonchev–Trinajstić information content (AvgIpc) is 2.39. The summed E-state index contributed by atoms with van der Waals surface area (Å²) < 4.78 is 0. The Kier molecular flexibility index (Phi) is 3.69. The van der Waals surface area contributed by atoms with Gasteiger partial charge in [-0.25, -0.2) is 9.78 Å². The Hall–Kier alpha value is -1.71. The highest BCUT2D eigenvalue weighted by atomic mass is 17.2. The second-order valence-electron chi connectivity index (χ2n) is 5.51. The van der Waals surface area contributed by atoms with Crippen LogP contribution in [0, 0.1) is 0 Å². The van der Waals surface area contributed by atoms with E-state index < -0.39 is 11.2 Å². The van der Waals surface area contributed by atoms with Crippen molar-refractivity contribution in [3.05, 3.63) is 60.2 Å². The second kappa shape index (κ2) is 5.11. The highest BCUT2D eigenvalue weighted by Crippen LogP contribution is 2.33. The molecule has 0 aliphatic heterocycles. The number of benzene rings is 1. The van der Waals surface area contributed by atoms with Crippen molar-refractivity contribution < 1.29 is 14.6 Å². The Morgan fingerprint density at radius 2 is 1.58 bits per heavy atom. The first-order valence-electron chi connectivity index (χ1n) is 6.26. The Labute approximate surface area is 113 Å². The molecule has 0 atom stereocenters. The molecule has 3 heteroatoms. The summed E-state index contributed by atoms with van der Waals surface area (Å²) in [5.41, 5.74) is -0.354. The van der Waals surface area contributed by atoms with E-state index in [0.29, 0.717) is 0 Å². The first-order valence-corrected chi connectivity index (χ1v) is 6.26. The molecule has 3 nitrogen and oxygen atoms in total. The van der Waals surface area contributed by atoms with Gasteiger partial charge in [-0.3, -0.25) is 4.79 Å². The van der Waals surface area contributed by atoms with E-state index in [2.05, 4.69) is 0 Å². The number of ketones is 1. The predicted molar refractivity (Wildman–Crippen MR) is 73.3 cm³/mol. The molecule has 2 rings (SSSR count). The van der Waals surface area contributed by atoms with Crippen LogP contribution in [0.25, 0.3) is 0 Å². The Morgan fingerprint density at radius 3 is 2.11 bits per heavy atom. The van der Waals surface area contributed by atoms with Crippen molar-refractivity contribution in [2.45, 2.75) is 32.0 Å². The van der Waals surface area contributed by atoms with Gasteiger partial charge in [0, 0.05) is 0 Å². The molecule has 1 aliphatic carbocycles. The lowest BCUT2D eigenvalue weighted by Gasteiger charge is -2.31. The molecule has 0 spiro atoms. The van der Waals surface area contributed by atoms with Crippen LogP contribution in [-0.4, -0.2) is 11.4 Å². The van der Waals surface area contributed by atoms with Gasteiger partial charge in [0.1, 0.15) is 0 Å². The molecular formula is C16H18O3. The SMILES string of the molecule is CC(C)(C)OOC1(c2ccccc2)C=CC(=O)C=C1. The van der Waals surface area contributed by atoms with E-state index in [0.717, 1.165) is 5.56 Å². The molecule has 0 radical (unpaired) electrons. The fourth-order valence-corrected chi connectivity index (χ4v) is 1.71. The topological polar surface area (TPSA) is 35.5 Å². The predicted octanol–water partition coefficient (Wildman–Crippen LogP) is 3.32. The molecule has 0 saturated carbocycles. The minimum atomic E-state index is -0.845. The number of hydrogen-bond acceptors (Lipinski definition) is 3. The van der Waals surface area contributed by atoms with E-state index in [9.17, 15) is 4.79 Å². The van der Waals surface area contributed by atoms with E-state index in [-0.39, 0.29) is 5.78 Å². The molecule has 0 amide bonds. The molecule has 0 N–H and O–H groups in total. The molecule has 1 aliphatic rings. The summed E-state index contributed by atoms with van der Waals surface area (Å²) >= 11 is 0. The third-order valence-corrected chi connectivity index (χ3v) is 2.64. The van der Waals surface area contributed by atoms with Crippen LogP contribution in [0.3, 0.4) is 0 Å². The van der Waals surface area contributed by atoms with Crippen molar-refractivity contribution in [2.75, 3.05) is 0 Å². The average molecular weight is 258 g/mol. The first kappa shape index (κ1) is 13.7. The standard InChI is InChI=1S/C16H18O3/c1-15(2,3)18-19-16(11-9-14(17)10-12-16)13-7-5-4-6-8-13/h4-12H,1-3H3. The van der Waals surface area contributed by atoms with Crippen molar-refractivity contribution in [2.24, 2.45) is 0 Å². The highest BCUT2D eigenvalue weighted by Gasteiger charge is 2.33. The molecular weight excluding hydrogens is 240 g/mol. The minimum Gasteiger partial charge on any atom is -0.290 e. The van der Waals surface area contributed by atoms with Crippen molar-refractivity contribution in [1.82, 2.24) is 0 Å². The Morgan fingerprint density at radius 1 is 1.00 bits per heavy atom. The van der Waals surface area contributed by atoms with Crippen LogP contribution in [0.1, 0.15) is 26.3 Å². The van der Waals surface area contributed by atoms with Gasteiger partial charge in [0.05, 0.1) is 5.60 Å². The number of carbonyl (C=O) groups is 1. The summed E-state index contributed by atoms with van der Waals surface area (Å²) in [6, 6.07) is 9.67. The summed E-state index contributed by atoms with van der Waals surface area (Å²) in [5, 5.41) is 0. The normalized spacial score (nSPS) is 17.7. The summed E-state index contributed by atoms with van der Waals surface area (Å²) in [7, 11) is 0. The molecule has 1 aromatic carbocycles. The monoisotopic (exact) mass is 258 g/mol. The number of carbonyl (C=O) groups excluding carboxylic acids is 1. The quantitative estimate of drug-likeness (QED) is 0.616. The van der Waals surface area contributed by atoms with E-state index >= 15 is 0 Å². The molecule has 1 aromatic rings. The highest BCUT2D eigenvalue weighted by molar-refractivity contribution is 6.00. The molecule has 0 unspecified atom stereocenters. The lowest BCUT2D eigenvalue weighted by molar-refractivity contribution is -0.387. The van der Waals surface area contributed by atoms with Gasteiger partial charge in [-0.15, -0.1) is 0 Å². The third kappa shape index (κ3) is 3.40. The first-order chi connectivity index (χ1) is 8.91. The molecule has 0 saturated heterocycles. The number of allylic oxidation sites excluding steroid dienone is 2. The molecule has 0 aromatic heterocycles. The van der Waals surface area contributed by atoms with Crippen LogP contribution in [0.4, 0.5) is 0 Å². The van der Waals surface area contributed by atoms with Crippen LogP contribution in [0.5, 0.6) is 0 Å². The fraction of sp³-hybridized carbons (Fsp3) is 0.312. The molecule has 19 heavy (non-hydrogen) atoms. The Bertz CT molecular complexity index is 491. The summed E-state index contributed by atoms with van der Waals surface area (Å²) in [6.07, 6.45) is 6.44. The number of rotatable bonds is 3. The van der Waals surface area contributed by atoms with Crippen LogP contribution in [0.2, 0.25) is 0 Å². The molecule has 0 heterocycles. The van der Waals surface area contributed by atoms with Gasteiger partial charge in [0.25, 0.3) is 0 Å². The van der Waals surface area contributed by atoms with E-state index in [1.807, 2.05) is 51.1 Å². The summed E-state index contributed by atoms with van der Waals surface area (Å²) in [5.74, 6) is -0.0501. The fourth-order valence-electron chi connectivity index (χ4n) is 1.71. The lowest BCUT2D eigenvalue weighted by Crippen LogP contribution is -2.32. The van der Waals surface area contributed by atoms with E-state index in [4.69, 9.17) is 9.78 Å². The van der Waals surface area contributed by atoms with Crippen molar-refractivity contribution in [1.29, 1.82) is 0 Å². The van der Waals surface area contributed by atoms with Crippen LogP contribution in [0.15, 0.2) is 54.6 Å². The zero-order valence-corrected chi connectivity index (χ0v) is 11.4. The number of hydrogen-bond donors (Lipinski definition) is 0. The van der Waals surface area contributed by atoms with Crippen molar-refractivity contribution in [3.8, 4) is 0 Å². The van der Waals surface area contributed by atoms with Gasteiger partial charge in [0.15, 0.2) is 11.4 Å². The minimum absolute atomic E-state index is 0.0501. The molecule has 0 fully saturated rings.